The molecule has 0 saturated carbocycles. The Morgan fingerprint density at radius 2 is 0.761 bits per heavy atom. The molecular weight excluding hydrogens is 976 g/mol. The van der Waals surface area contributed by atoms with Crippen molar-refractivity contribution in [3.63, 3.8) is 0 Å². The van der Waals surface area contributed by atoms with Crippen LogP contribution in [-0.4, -0.2) is 321 Å². The van der Waals surface area contributed by atoms with Crippen molar-refractivity contribution in [1.29, 1.82) is 0 Å². The molecule has 0 amide bonds. The number of aliphatic hydroxyl groups excluding tert-OH is 18. The van der Waals surface area contributed by atoms with Gasteiger partial charge >= 0.3 is 0 Å². The highest BCUT2D eigenvalue weighted by atomic mass is 16.8. The summed E-state index contributed by atoms with van der Waals surface area (Å²) in [7, 11) is 0. The van der Waals surface area contributed by atoms with Crippen molar-refractivity contribution in [2.45, 2.75) is 224 Å². The highest BCUT2D eigenvalue weighted by Gasteiger charge is 2.59. The van der Waals surface area contributed by atoms with Crippen LogP contribution in [0.25, 0.3) is 0 Å². The molecule has 7 aliphatic rings. The van der Waals surface area contributed by atoms with Gasteiger partial charge in [-0.1, -0.05) is 0 Å². The zero-order valence-electron chi connectivity index (χ0n) is 38.2. The number of hydrogen-bond donors (Lipinski definition) is 18. The highest BCUT2D eigenvalue weighted by molar-refractivity contribution is 5.00. The average molecular weight is 1040 g/mol. The Balaban J connectivity index is 1.24. The van der Waals surface area contributed by atoms with Crippen LogP contribution in [0.4, 0.5) is 0 Å². The second kappa shape index (κ2) is 24.0. The monoisotopic (exact) mass is 1040 g/mol. The lowest BCUT2D eigenvalue weighted by Gasteiger charge is -2.52. The van der Waals surface area contributed by atoms with Crippen molar-refractivity contribution >= 4 is 0 Å². The van der Waals surface area contributed by atoms with E-state index in [0.717, 1.165) is 0 Å². The molecule has 0 unspecified atom stereocenters. The van der Waals surface area contributed by atoms with Gasteiger partial charge in [-0.3, -0.25) is 0 Å². The van der Waals surface area contributed by atoms with Crippen LogP contribution in [0, 0.1) is 0 Å². The maximum absolute atomic E-state index is 11.5. The Bertz CT molecular complexity index is 1660. The van der Waals surface area contributed by atoms with E-state index >= 15 is 0 Å². The fraction of sp³-hybridized carbons (Fsp3) is 1.00. The first kappa shape index (κ1) is 57.5. The van der Waals surface area contributed by atoms with Crippen LogP contribution >= 0.6 is 0 Å². The average Bonchev–Trinajstić information content (AvgIpc) is 3.34. The Morgan fingerprint density at radius 3 is 1.34 bits per heavy atom. The molecule has 71 heavy (non-hydrogen) atoms. The predicted molar refractivity (Wildman–Crippen MR) is 216 cm³/mol. The van der Waals surface area contributed by atoms with Crippen LogP contribution in [0.15, 0.2) is 0 Å². The smallest absolute Gasteiger partial charge is 0.187 e. The van der Waals surface area contributed by atoms with E-state index in [1.165, 1.54) is 20.8 Å². The van der Waals surface area contributed by atoms with E-state index in [0.29, 0.717) is 0 Å². The van der Waals surface area contributed by atoms with Crippen LogP contribution in [-0.2, 0) is 61.6 Å². The fourth-order valence-electron chi connectivity index (χ4n) is 9.23. The SMILES string of the molecule is C[C@@H]1O[C@H](O[C@@H]2CO[C@@H](O[C@H]3[C@@H](O[C@H]4O[C@H](C)[C@@H](O)[C@H](O)[C@@H]4O)[C@H](O[C@H]4O[C@H](CO)[C@H](O)[C@H](O)[C@H]4O)[C@H](O[C@@H]4[C@H](O)[C@H](O)O[C@H](CO)[C@H]4O[C@@H]4OC[C@@H](O)[C@H](O)[C@H]4O)O[C@H]3C)[C@H](O)[C@H]2O)[C@H](O)[C@H](O)[C@H]1O. The summed E-state index contributed by atoms with van der Waals surface area (Å²) in [6, 6.07) is 0. The second-order valence-electron chi connectivity index (χ2n) is 18.6. The molecule has 0 aromatic heterocycles. The lowest BCUT2D eigenvalue weighted by Crippen LogP contribution is -2.69. The molecule has 7 saturated heterocycles. The Hall–Kier alpha value is -1.24. The van der Waals surface area contributed by atoms with Gasteiger partial charge in [0.15, 0.2) is 44.0 Å². The van der Waals surface area contributed by atoms with Gasteiger partial charge in [-0.25, -0.2) is 0 Å². The molecular formula is C40H68O31. The van der Waals surface area contributed by atoms with Gasteiger partial charge in [0, 0.05) is 0 Å². The van der Waals surface area contributed by atoms with Gasteiger partial charge in [-0.05, 0) is 20.8 Å². The number of aliphatic hydroxyl groups is 18. The van der Waals surface area contributed by atoms with Crippen LogP contribution in [0.3, 0.4) is 0 Å². The van der Waals surface area contributed by atoms with E-state index in [9.17, 15) is 91.9 Å². The standard InChI is InChI=1S/C40H68O31/c1-8-15(44)20(49)25(54)37(61-8)66-14-7-60-36(24(53)19(14)48)67-29-10(3)63-40(69-31-28(57)34(58)64-13(5-42)30(31)68-35-23(52)17(46)11(43)6-59-35)33(71-39-27(56)22(51)18(47)12(4-41)65-39)32(29)70-38-26(55)21(50)16(45)9(2)62-38/h8-58H,4-7H2,1-3H3/t8-,9+,10-,11+,12+,13+,14+,15-,16+,17-,18-,19-,20+,21-,22-,23+,24+,25+,26-,27+,28-,29+,30+,31+,32+,33-,34+,35-,36-,37+,38+,39+,40-/m0/s1. The maximum atomic E-state index is 11.5. The van der Waals surface area contributed by atoms with Crippen molar-refractivity contribution in [2.75, 3.05) is 26.4 Å². The Kier molecular flexibility index (Phi) is 19.4. The maximum Gasteiger partial charge on any atom is 0.187 e. The summed E-state index contributed by atoms with van der Waals surface area (Å²) in [6.07, 6.45) is -60.1. The first-order valence-corrected chi connectivity index (χ1v) is 23.0. The van der Waals surface area contributed by atoms with Crippen LogP contribution in [0.2, 0.25) is 0 Å². The first-order valence-electron chi connectivity index (χ1n) is 23.0. The molecule has 0 aromatic carbocycles. The van der Waals surface area contributed by atoms with Crippen LogP contribution in [0.5, 0.6) is 0 Å². The number of hydrogen-bond acceptors (Lipinski definition) is 31. The molecule has 7 heterocycles. The zero-order valence-corrected chi connectivity index (χ0v) is 38.2. The second-order valence-corrected chi connectivity index (χ2v) is 18.6. The third kappa shape index (κ3) is 11.9. The summed E-state index contributed by atoms with van der Waals surface area (Å²) in [5.41, 5.74) is 0. The fourth-order valence-corrected chi connectivity index (χ4v) is 9.23. The van der Waals surface area contributed by atoms with E-state index in [-0.39, 0.29) is 0 Å². The summed E-state index contributed by atoms with van der Waals surface area (Å²) in [5, 5.41) is 193. The Morgan fingerprint density at radius 1 is 0.324 bits per heavy atom. The summed E-state index contributed by atoms with van der Waals surface area (Å²) < 4.78 is 76.1. The minimum atomic E-state index is -2.17. The summed E-state index contributed by atoms with van der Waals surface area (Å²) in [4.78, 5) is 0. The molecule has 33 atom stereocenters. The third-order valence-electron chi connectivity index (χ3n) is 13.7. The van der Waals surface area contributed by atoms with Gasteiger partial charge in [0.05, 0.1) is 44.7 Å². The molecule has 0 radical (unpaired) electrons. The minimum absolute atomic E-state index is 0.578. The molecule has 0 aromatic rings. The first-order chi connectivity index (χ1) is 33.5. The lowest BCUT2D eigenvalue weighted by molar-refractivity contribution is -0.419. The van der Waals surface area contributed by atoms with Crippen molar-refractivity contribution in [1.82, 2.24) is 0 Å². The van der Waals surface area contributed by atoms with E-state index < -0.39 is 229 Å². The van der Waals surface area contributed by atoms with E-state index in [4.69, 9.17) is 61.6 Å². The van der Waals surface area contributed by atoms with E-state index in [2.05, 4.69) is 0 Å². The predicted octanol–water partition coefficient (Wildman–Crippen LogP) is -11.9. The molecule has 414 valence electrons. The van der Waals surface area contributed by atoms with Gasteiger partial charge in [-0.15, -0.1) is 0 Å². The third-order valence-corrected chi connectivity index (χ3v) is 13.7. The molecule has 18 N–H and O–H groups in total. The lowest BCUT2D eigenvalue weighted by atomic mass is 9.95. The largest absolute Gasteiger partial charge is 0.394 e. The molecule has 31 heteroatoms. The van der Waals surface area contributed by atoms with E-state index in [1.54, 1.807) is 0 Å². The van der Waals surface area contributed by atoms with Gasteiger partial charge < -0.3 is 153 Å². The van der Waals surface area contributed by atoms with Crippen molar-refractivity contribution in [3.05, 3.63) is 0 Å². The van der Waals surface area contributed by atoms with Crippen molar-refractivity contribution < 1.29 is 153 Å². The van der Waals surface area contributed by atoms with Gasteiger partial charge in [0.2, 0.25) is 0 Å². The number of rotatable bonds is 14. The molecule has 0 aliphatic carbocycles. The quantitative estimate of drug-likeness (QED) is 0.0768. The molecule has 7 fully saturated rings. The molecule has 7 aliphatic heterocycles. The van der Waals surface area contributed by atoms with Crippen molar-refractivity contribution in [2.24, 2.45) is 0 Å². The molecule has 7 rings (SSSR count). The summed E-state index contributed by atoms with van der Waals surface area (Å²) in [5.74, 6) is 0. The highest BCUT2D eigenvalue weighted by Crippen LogP contribution is 2.39. The summed E-state index contributed by atoms with van der Waals surface area (Å²) >= 11 is 0. The Labute approximate surface area is 403 Å². The van der Waals surface area contributed by atoms with Gasteiger partial charge in [0.25, 0.3) is 0 Å². The van der Waals surface area contributed by atoms with Gasteiger partial charge in [-0.2, -0.15) is 0 Å². The molecule has 0 spiro atoms. The number of ether oxygens (including phenoxy) is 13. The summed E-state index contributed by atoms with van der Waals surface area (Å²) in [6.45, 7) is 0.861. The minimum Gasteiger partial charge on any atom is -0.394 e. The normalized spacial score (nSPS) is 55.5. The molecule has 0 bridgehead atoms. The van der Waals surface area contributed by atoms with Crippen LogP contribution < -0.4 is 0 Å². The molecule has 31 nitrogen and oxygen atoms in total. The van der Waals surface area contributed by atoms with E-state index in [1.807, 2.05) is 0 Å². The van der Waals surface area contributed by atoms with Crippen LogP contribution in [0.1, 0.15) is 20.8 Å². The van der Waals surface area contributed by atoms with Gasteiger partial charge in [0.1, 0.15) is 140 Å². The zero-order chi connectivity index (χ0) is 52.1. The topological polar surface area (TPSA) is 484 Å². The van der Waals surface area contributed by atoms with Crippen molar-refractivity contribution in [3.8, 4) is 0 Å².